The lowest BCUT2D eigenvalue weighted by atomic mass is 10.1. The van der Waals surface area contributed by atoms with Gasteiger partial charge in [0.05, 0.1) is 36.4 Å². The Morgan fingerprint density at radius 2 is 1.52 bits per heavy atom. The Kier molecular flexibility index (Phi) is 9.24. The molecule has 0 saturated carbocycles. The number of fused-ring (bicyclic) bond motifs is 1. The van der Waals surface area contributed by atoms with Gasteiger partial charge in [0.25, 0.3) is 5.91 Å². The molecule has 6 aromatic rings. The summed E-state index contributed by atoms with van der Waals surface area (Å²) < 4.78 is 5.09. The van der Waals surface area contributed by atoms with Crippen LogP contribution in [0.2, 0.25) is 0 Å². The lowest BCUT2D eigenvalue weighted by molar-refractivity contribution is -0.662. The molecule has 8 nitrogen and oxygen atoms in total. The van der Waals surface area contributed by atoms with Crippen LogP contribution in [0, 0.1) is 22.7 Å². The van der Waals surface area contributed by atoms with Crippen LogP contribution >= 0.6 is 15.9 Å². The van der Waals surface area contributed by atoms with E-state index in [-0.39, 0.29) is 12.5 Å². The molecular weight excluding hydrogens is 638 g/mol. The lowest BCUT2D eigenvalue weighted by Crippen LogP contribution is -2.35. The largest absolute Gasteiger partial charge is 0.331 e. The molecule has 1 amide bonds. The van der Waals surface area contributed by atoms with E-state index in [1.54, 1.807) is 18.5 Å². The first-order chi connectivity index (χ1) is 22.5. The molecule has 0 aliphatic rings. The fourth-order valence-corrected chi connectivity index (χ4v) is 5.63. The highest BCUT2D eigenvalue weighted by molar-refractivity contribution is 9.10. The van der Waals surface area contributed by atoms with Crippen LogP contribution in [-0.2, 0) is 26.1 Å². The highest BCUT2D eigenvalue weighted by atomic mass is 79.9. The predicted molar refractivity (Wildman–Crippen MR) is 177 cm³/mol. The first kappa shape index (κ1) is 30.4. The van der Waals surface area contributed by atoms with Crippen LogP contribution in [0.5, 0.6) is 0 Å². The molecular formula is C37H29BrN7O+. The molecule has 0 N–H and O–H groups in total. The summed E-state index contributed by atoms with van der Waals surface area (Å²) in [6, 6.07) is 37.3. The number of aromatic nitrogens is 4. The summed E-state index contributed by atoms with van der Waals surface area (Å²) in [7, 11) is 0. The Labute approximate surface area is 275 Å². The zero-order chi connectivity index (χ0) is 31.9. The van der Waals surface area contributed by atoms with Crippen molar-refractivity contribution in [2.24, 2.45) is 0 Å². The molecule has 0 saturated heterocycles. The molecule has 46 heavy (non-hydrogen) atoms. The van der Waals surface area contributed by atoms with Crippen LogP contribution < -0.4 is 4.57 Å². The number of benzene rings is 4. The van der Waals surface area contributed by atoms with E-state index in [4.69, 9.17) is 10.5 Å². The maximum Gasteiger partial charge on any atom is 0.254 e. The number of hydrogen-bond acceptors (Lipinski definition) is 5. The fourth-order valence-electron chi connectivity index (χ4n) is 5.37. The molecule has 9 heteroatoms. The quantitative estimate of drug-likeness (QED) is 0.162. The number of nitrogens with zero attached hydrogens (tertiary/aromatic N) is 7. The monoisotopic (exact) mass is 666 g/mol. The summed E-state index contributed by atoms with van der Waals surface area (Å²) in [4.78, 5) is 16.0. The number of amides is 1. The van der Waals surface area contributed by atoms with Crippen molar-refractivity contribution in [3.8, 4) is 12.1 Å². The number of carbonyl (C=O) groups excluding carboxylic acids is 1. The molecule has 0 aliphatic carbocycles. The maximum atomic E-state index is 14.2. The third-order valence-corrected chi connectivity index (χ3v) is 8.43. The molecule has 0 radical (unpaired) electrons. The van der Waals surface area contributed by atoms with Gasteiger partial charge in [-0.1, -0.05) is 52.3 Å². The maximum absolute atomic E-state index is 14.2. The van der Waals surface area contributed by atoms with Gasteiger partial charge in [-0.3, -0.25) is 4.79 Å². The Morgan fingerprint density at radius 3 is 2.22 bits per heavy atom. The number of halogens is 1. The second-order valence-corrected chi connectivity index (χ2v) is 11.9. The van der Waals surface area contributed by atoms with Crippen molar-refractivity contribution >= 4 is 32.7 Å². The number of rotatable bonds is 10. The van der Waals surface area contributed by atoms with Crippen LogP contribution in [0.4, 0.5) is 0 Å². The summed E-state index contributed by atoms with van der Waals surface area (Å²) >= 11 is 3.50. The zero-order valence-electron chi connectivity index (χ0n) is 24.9. The minimum atomic E-state index is -0.0885. The van der Waals surface area contributed by atoms with E-state index in [1.807, 2.05) is 94.5 Å². The van der Waals surface area contributed by atoms with E-state index in [2.05, 4.69) is 55.0 Å². The van der Waals surface area contributed by atoms with Gasteiger partial charge in [-0.2, -0.15) is 15.1 Å². The van der Waals surface area contributed by atoms with Gasteiger partial charge in [0.2, 0.25) is 5.52 Å². The van der Waals surface area contributed by atoms with E-state index >= 15 is 0 Å². The molecule has 0 unspecified atom stereocenters. The van der Waals surface area contributed by atoms with E-state index in [9.17, 15) is 4.79 Å². The summed E-state index contributed by atoms with van der Waals surface area (Å²) in [5.41, 5.74) is 6.06. The third-order valence-electron chi connectivity index (χ3n) is 7.90. The Morgan fingerprint density at radius 1 is 0.848 bits per heavy atom. The van der Waals surface area contributed by atoms with Crippen molar-refractivity contribution in [1.82, 2.24) is 19.7 Å². The highest BCUT2D eigenvalue weighted by Gasteiger charge is 2.21. The van der Waals surface area contributed by atoms with Gasteiger partial charge in [0, 0.05) is 39.7 Å². The van der Waals surface area contributed by atoms with Crippen LogP contribution in [0.1, 0.15) is 44.0 Å². The number of nitriles is 2. The summed E-state index contributed by atoms with van der Waals surface area (Å²) in [6.45, 7) is 1.95. The SMILES string of the molecule is N#Cc1ccc(Cn2cnnc2CN(CCc2ccc(Br)cc2)C(=O)c2ccc3c(ccc[n+]3Cc3ccc(C#N)cc3)c2)cc1. The fraction of sp³-hybridized carbons (Fsp3) is 0.135. The van der Waals surface area contributed by atoms with Crippen molar-refractivity contribution in [2.45, 2.75) is 26.1 Å². The molecule has 0 spiro atoms. The van der Waals surface area contributed by atoms with E-state index in [1.165, 1.54) is 0 Å². The lowest BCUT2D eigenvalue weighted by Gasteiger charge is -2.23. The summed E-state index contributed by atoms with van der Waals surface area (Å²) in [6.07, 6.45) is 4.38. The summed E-state index contributed by atoms with van der Waals surface area (Å²) in [5.74, 6) is 0.587. The van der Waals surface area contributed by atoms with Gasteiger partial charge in [-0.05, 0) is 72.1 Å². The first-order valence-corrected chi connectivity index (χ1v) is 15.6. The van der Waals surface area contributed by atoms with Crippen molar-refractivity contribution in [3.05, 3.63) is 159 Å². The highest BCUT2D eigenvalue weighted by Crippen LogP contribution is 2.18. The average molecular weight is 668 g/mol. The third kappa shape index (κ3) is 7.18. The van der Waals surface area contributed by atoms with E-state index in [0.29, 0.717) is 48.6 Å². The molecule has 0 aliphatic heterocycles. The van der Waals surface area contributed by atoms with Crippen molar-refractivity contribution < 1.29 is 9.36 Å². The Bertz CT molecular complexity index is 2070. The number of hydrogen-bond donors (Lipinski definition) is 0. The van der Waals surface area contributed by atoms with Crippen molar-refractivity contribution in [3.63, 3.8) is 0 Å². The standard InChI is InChI=1S/C37H29BrN7O/c38-34-14-11-27(12-15-34)17-19-44(25-36-42-41-26-45(36)24-31-9-5-29(22-40)6-10-31)37(46)33-13-16-35-32(20-33)2-1-18-43(35)23-30-7-3-28(21-39)4-8-30/h1-16,18,20,26H,17,19,23-25H2/q+1. The van der Waals surface area contributed by atoms with Gasteiger partial charge in [0.15, 0.2) is 18.6 Å². The normalized spacial score (nSPS) is 10.8. The molecule has 0 bridgehead atoms. The average Bonchev–Trinajstić information content (AvgIpc) is 3.53. The van der Waals surface area contributed by atoms with E-state index in [0.717, 1.165) is 32.1 Å². The Hall–Kier alpha value is -5.64. The minimum absolute atomic E-state index is 0.0885. The Balaban J connectivity index is 1.26. The summed E-state index contributed by atoms with van der Waals surface area (Å²) in [5, 5.41) is 27.8. The van der Waals surface area contributed by atoms with Gasteiger partial charge >= 0.3 is 0 Å². The van der Waals surface area contributed by atoms with Crippen LogP contribution in [0.25, 0.3) is 10.9 Å². The number of carbonyl (C=O) groups is 1. The predicted octanol–water partition coefficient (Wildman–Crippen LogP) is 6.21. The number of pyridine rings is 1. The molecule has 0 fully saturated rings. The molecule has 2 heterocycles. The van der Waals surface area contributed by atoms with Gasteiger partial charge in [-0.25, -0.2) is 0 Å². The molecule has 4 aromatic carbocycles. The van der Waals surface area contributed by atoms with Crippen LogP contribution in [-0.4, -0.2) is 32.1 Å². The van der Waals surface area contributed by atoms with Crippen LogP contribution in [0.3, 0.4) is 0 Å². The topological polar surface area (TPSA) is 102 Å². The van der Waals surface area contributed by atoms with Crippen LogP contribution in [0.15, 0.2) is 120 Å². The second-order valence-electron chi connectivity index (χ2n) is 11.0. The van der Waals surface area contributed by atoms with Gasteiger partial charge in [-0.15, -0.1) is 10.2 Å². The zero-order valence-corrected chi connectivity index (χ0v) is 26.5. The second kappa shape index (κ2) is 14.0. The van der Waals surface area contributed by atoms with Crippen molar-refractivity contribution in [1.29, 1.82) is 10.5 Å². The molecule has 2 aromatic heterocycles. The first-order valence-electron chi connectivity index (χ1n) is 14.8. The molecule has 224 valence electrons. The minimum Gasteiger partial charge on any atom is -0.331 e. The van der Waals surface area contributed by atoms with E-state index < -0.39 is 0 Å². The van der Waals surface area contributed by atoms with Gasteiger partial charge < -0.3 is 9.47 Å². The molecule has 0 atom stereocenters. The van der Waals surface area contributed by atoms with Crippen molar-refractivity contribution in [2.75, 3.05) is 6.54 Å². The smallest absolute Gasteiger partial charge is 0.254 e. The molecule has 6 rings (SSSR count). The van der Waals surface area contributed by atoms with Gasteiger partial charge in [0.1, 0.15) is 6.33 Å².